The number of nitrogens with one attached hydrogen (secondary N) is 2. The maximum absolute atomic E-state index is 13.0. The molecule has 0 radical (unpaired) electrons. The van der Waals surface area contributed by atoms with Gasteiger partial charge in [0.1, 0.15) is 34.7 Å². The van der Waals surface area contributed by atoms with Gasteiger partial charge in [-0.25, -0.2) is 19.4 Å². The molecule has 4 aliphatic rings. The van der Waals surface area contributed by atoms with Crippen molar-refractivity contribution in [1.82, 2.24) is 25.4 Å². The largest absolute Gasteiger partial charge is 0.480 e. The van der Waals surface area contributed by atoms with Crippen molar-refractivity contribution >= 4 is 47.8 Å². The highest BCUT2D eigenvalue weighted by Gasteiger charge is 2.54. The van der Waals surface area contributed by atoms with Gasteiger partial charge in [0.05, 0.1) is 0 Å². The van der Waals surface area contributed by atoms with Gasteiger partial charge in [0, 0.05) is 43.8 Å². The number of carbonyl (C=O) groups excluding carboxylic acids is 3. The first kappa shape index (κ1) is 28.7. The lowest BCUT2D eigenvalue weighted by Gasteiger charge is -2.49. The first-order chi connectivity index (χ1) is 20.2. The summed E-state index contributed by atoms with van der Waals surface area (Å²) in [6.45, 7) is 0.272. The summed E-state index contributed by atoms with van der Waals surface area (Å²) in [5, 5.41) is 29.7. The van der Waals surface area contributed by atoms with Gasteiger partial charge in [0.2, 0.25) is 5.91 Å². The van der Waals surface area contributed by atoms with E-state index in [1.165, 1.54) is 16.7 Å². The molecule has 0 saturated carbocycles. The predicted molar refractivity (Wildman–Crippen MR) is 149 cm³/mol. The number of carboxylic acids is 2. The molecule has 3 atom stereocenters. The summed E-state index contributed by atoms with van der Waals surface area (Å²) in [5.74, 6) is -2.08. The van der Waals surface area contributed by atoms with Crippen LogP contribution >= 0.6 is 11.8 Å². The number of nitrogens with zero attached hydrogens (tertiary/aromatic N) is 4. The summed E-state index contributed by atoms with van der Waals surface area (Å²) in [4.78, 5) is 64.5. The van der Waals surface area contributed by atoms with E-state index >= 15 is 0 Å². The van der Waals surface area contributed by atoms with Gasteiger partial charge in [0.25, 0.3) is 5.91 Å². The Hall–Kier alpha value is -4.79. The number of rotatable bonds is 11. The van der Waals surface area contributed by atoms with E-state index in [-0.39, 0.29) is 37.3 Å². The Bertz CT molecular complexity index is 1410. The predicted octanol–water partition coefficient (Wildman–Crippen LogP) is 1.46. The summed E-state index contributed by atoms with van der Waals surface area (Å²) < 4.78 is 5.05. The van der Waals surface area contributed by atoms with Crippen LogP contribution in [0.1, 0.15) is 25.7 Å². The smallest absolute Gasteiger partial charge is 0.413 e. The lowest BCUT2D eigenvalue weighted by atomic mass is 10.0. The molecule has 1 aromatic rings. The number of para-hydroxylation sites is 1. The molecule has 5 rings (SSSR count). The topological polar surface area (TPSA) is 181 Å². The SMILES string of the molecule is O=C(CCCC(NC(=O)Oc1ccccc1)C(=O)O)N[C@@H]1C(=O)N2C(C(=O)O)=C(CN3C=CN4N=CCC=C34)CS[C@@H]12. The zero-order valence-electron chi connectivity index (χ0n) is 22.2. The van der Waals surface area contributed by atoms with E-state index in [0.717, 1.165) is 5.82 Å². The monoisotopic (exact) mass is 596 g/mol. The minimum Gasteiger partial charge on any atom is -0.480 e. The van der Waals surface area contributed by atoms with Gasteiger partial charge in [-0.2, -0.15) is 5.10 Å². The van der Waals surface area contributed by atoms with Gasteiger partial charge in [0.15, 0.2) is 0 Å². The van der Waals surface area contributed by atoms with Crippen LogP contribution in [-0.4, -0.2) is 90.8 Å². The molecule has 4 N–H and O–H groups in total. The number of aliphatic carboxylic acids is 2. The molecule has 0 aromatic heterocycles. The summed E-state index contributed by atoms with van der Waals surface area (Å²) in [6.07, 6.45) is 7.00. The second kappa shape index (κ2) is 12.4. The molecule has 1 unspecified atom stereocenters. The van der Waals surface area contributed by atoms with Crippen LogP contribution in [0.5, 0.6) is 5.75 Å². The van der Waals surface area contributed by atoms with Gasteiger partial charge in [-0.15, -0.1) is 11.8 Å². The molecule has 4 aliphatic heterocycles. The third-order valence-corrected chi connectivity index (χ3v) is 8.24. The molecule has 1 aromatic carbocycles. The normalized spacial score (nSPS) is 21.2. The number of carboxylic acid groups (broad SMARTS) is 2. The molecular weight excluding hydrogens is 568 g/mol. The Labute approximate surface area is 244 Å². The third-order valence-electron chi connectivity index (χ3n) is 6.90. The number of hydrazone groups is 1. The van der Waals surface area contributed by atoms with E-state index < -0.39 is 47.3 Å². The summed E-state index contributed by atoms with van der Waals surface area (Å²) in [5.41, 5.74) is 0.487. The number of hydrogen-bond donors (Lipinski definition) is 4. The minimum absolute atomic E-state index is 0.0467. The number of benzene rings is 1. The van der Waals surface area contributed by atoms with Crippen LogP contribution in [0, 0.1) is 0 Å². The van der Waals surface area contributed by atoms with Crippen molar-refractivity contribution in [1.29, 1.82) is 0 Å². The van der Waals surface area contributed by atoms with Gasteiger partial charge in [-0.3, -0.25) is 14.5 Å². The summed E-state index contributed by atoms with van der Waals surface area (Å²) in [6, 6.07) is 5.98. The number of thioether (sulfide) groups is 1. The van der Waals surface area contributed by atoms with Crippen LogP contribution in [0.3, 0.4) is 0 Å². The van der Waals surface area contributed by atoms with Crippen molar-refractivity contribution in [2.24, 2.45) is 5.10 Å². The molecule has 1 fully saturated rings. The van der Waals surface area contributed by atoms with Crippen molar-refractivity contribution in [3.8, 4) is 5.75 Å². The molecule has 0 bridgehead atoms. The highest BCUT2D eigenvalue weighted by Crippen LogP contribution is 2.41. The van der Waals surface area contributed by atoms with Crippen molar-refractivity contribution in [3.05, 3.63) is 65.9 Å². The Balaban J connectivity index is 1.12. The fraction of sp³-hybridized carbons (Fsp3) is 0.333. The summed E-state index contributed by atoms with van der Waals surface area (Å²) in [7, 11) is 0. The van der Waals surface area contributed by atoms with E-state index in [1.54, 1.807) is 54.0 Å². The average Bonchev–Trinajstić information content (AvgIpc) is 3.38. The van der Waals surface area contributed by atoms with Crippen molar-refractivity contribution < 1.29 is 38.9 Å². The summed E-state index contributed by atoms with van der Waals surface area (Å²) >= 11 is 1.37. The first-order valence-electron chi connectivity index (χ1n) is 13.2. The zero-order chi connectivity index (χ0) is 29.8. The second-order valence-electron chi connectivity index (χ2n) is 9.71. The second-order valence-corrected chi connectivity index (χ2v) is 10.8. The fourth-order valence-electron chi connectivity index (χ4n) is 4.91. The number of allylic oxidation sites excluding steroid dienone is 1. The van der Waals surface area contributed by atoms with Gasteiger partial charge in [-0.1, -0.05) is 18.2 Å². The highest BCUT2D eigenvalue weighted by molar-refractivity contribution is 8.00. The average molecular weight is 597 g/mol. The number of hydrogen-bond acceptors (Lipinski definition) is 10. The van der Waals surface area contributed by atoms with Crippen LogP contribution in [0.2, 0.25) is 0 Å². The van der Waals surface area contributed by atoms with Crippen molar-refractivity contribution in [2.75, 3.05) is 12.3 Å². The van der Waals surface area contributed by atoms with Crippen LogP contribution < -0.4 is 15.4 Å². The third kappa shape index (κ3) is 6.10. The van der Waals surface area contributed by atoms with E-state index in [1.807, 2.05) is 11.0 Å². The molecular formula is C27H28N6O8S. The zero-order valence-corrected chi connectivity index (χ0v) is 23.0. The van der Waals surface area contributed by atoms with Gasteiger partial charge >= 0.3 is 18.0 Å². The number of ether oxygens (including phenoxy) is 1. The molecule has 220 valence electrons. The molecule has 4 heterocycles. The van der Waals surface area contributed by atoms with Gasteiger partial charge < -0.3 is 30.5 Å². The number of fused-ring (bicyclic) bond motifs is 2. The molecule has 14 nitrogen and oxygen atoms in total. The van der Waals surface area contributed by atoms with Crippen LogP contribution in [0.25, 0.3) is 0 Å². The Morgan fingerprint density at radius 2 is 1.93 bits per heavy atom. The first-order valence-corrected chi connectivity index (χ1v) is 14.2. The Kier molecular flexibility index (Phi) is 8.47. The molecule has 0 spiro atoms. The maximum atomic E-state index is 13.0. The lowest BCUT2D eigenvalue weighted by molar-refractivity contribution is -0.150. The van der Waals surface area contributed by atoms with Crippen LogP contribution in [0.15, 0.2) is 71.0 Å². The number of β-lactam (4-membered cyclic amide) rings is 1. The molecule has 3 amide bonds. The number of carbonyl (C=O) groups is 5. The number of amides is 3. The molecule has 0 aliphatic carbocycles. The highest BCUT2D eigenvalue weighted by atomic mass is 32.2. The fourth-order valence-corrected chi connectivity index (χ4v) is 6.25. The van der Waals surface area contributed by atoms with Crippen LogP contribution in [-0.2, 0) is 19.2 Å². The minimum atomic E-state index is -1.28. The van der Waals surface area contributed by atoms with E-state index in [2.05, 4.69) is 15.7 Å². The molecule has 15 heteroatoms. The Morgan fingerprint density at radius 3 is 2.67 bits per heavy atom. The van der Waals surface area contributed by atoms with Crippen molar-refractivity contribution in [3.63, 3.8) is 0 Å². The quantitative estimate of drug-likeness (QED) is 0.272. The molecule has 1 saturated heterocycles. The van der Waals surface area contributed by atoms with E-state index in [0.29, 0.717) is 17.7 Å². The van der Waals surface area contributed by atoms with Crippen molar-refractivity contribution in [2.45, 2.75) is 43.1 Å². The lowest BCUT2D eigenvalue weighted by Crippen LogP contribution is -2.70. The van der Waals surface area contributed by atoms with E-state index in [4.69, 9.17) is 4.74 Å². The van der Waals surface area contributed by atoms with Gasteiger partial charge in [-0.05, 0) is 36.6 Å². The maximum Gasteiger partial charge on any atom is 0.413 e. The van der Waals surface area contributed by atoms with Crippen LogP contribution in [0.4, 0.5) is 4.79 Å². The Morgan fingerprint density at radius 1 is 1.14 bits per heavy atom. The van der Waals surface area contributed by atoms with E-state index in [9.17, 15) is 34.2 Å². The standard InChI is InChI=1S/C27H28N6O8S/c34-19(9-4-8-18(25(36)37)29-27(40)41-17-6-2-1-3-7-17)30-21-23(35)33-22(26(38)39)16(15-42-24(21)33)14-31-12-13-32-20(31)10-5-11-28-32/h1-3,6-7,10-13,18,21,24H,4-5,8-9,14-15H2,(H,29,40)(H,30,34)(H,36,37)(H,38,39)/t18?,21-,24+/m1/s1. The molecule has 42 heavy (non-hydrogen) atoms.